The maximum atomic E-state index is 13.1. The maximum absolute atomic E-state index is 13.1. The number of carbonyl (C=O) groups excluding carboxylic acids is 1. The molecule has 2 heterocycles. The lowest BCUT2D eigenvalue weighted by Gasteiger charge is -2.20. The summed E-state index contributed by atoms with van der Waals surface area (Å²) in [4.78, 5) is 19.4. The van der Waals surface area contributed by atoms with Gasteiger partial charge in [-0.15, -0.1) is 0 Å². The molecule has 1 aromatic carbocycles. The van der Waals surface area contributed by atoms with Crippen molar-refractivity contribution in [3.8, 4) is 0 Å². The Balaban J connectivity index is 2.04. The molecule has 0 amide bonds. The third-order valence-corrected chi connectivity index (χ3v) is 5.19. The molecular weight excluding hydrogens is 440 g/mol. The highest BCUT2D eigenvalue weighted by atomic mass is 35.5. The van der Waals surface area contributed by atoms with E-state index in [0.717, 1.165) is 12.1 Å². The SMILES string of the molecule is Cc1cc(C(F)(F)F)cc2[nH]cc(Cc3c(Cl)ncc(C(=O)OC(C)(C)C)c3Cl)c12. The van der Waals surface area contributed by atoms with Crippen LogP contribution in [0.2, 0.25) is 10.2 Å². The van der Waals surface area contributed by atoms with Gasteiger partial charge in [-0.25, -0.2) is 9.78 Å². The Hall–Kier alpha value is -2.25. The lowest BCUT2D eigenvalue weighted by molar-refractivity contribution is -0.137. The topological polar surface area (TPSA) is 55.0 Å². The van der Waals surface area contributed by atoms with Gasteiger partial charge in [-0.2, -0.15) is 13.2 Å². The maximum Gasteiger partial charge on any atom is 0.416 e. The molecule has 4 nitrogen and oxygen atoms in total. The molecule has 0 saturated carbocycles. The van der Waals surface area contributed by atoms with Crippen LogP contribution in [0.3, 0.4) is 0 Å². The van der Waals surface area contributed by atoms with E-state index in [1.807, 2.05) is 0 Å². The normalized spacial score (nSPS) is 12.4. The molecule has 0 aliphatic carbocycles. The van der Waals surface area contributed by atoms with Gasteiger partial charge in [0, 0.05) is 35.3 Å². The van der Waals surface area contributed by atoms with Crippen LogP contribution in [0.1, 0.15) is 53.4 Å². The van der Waals surface area contributed by atoms with Crippen LogP contribution in [0.4, 0.5) is 13.2 Å². The Kier molecular flexibility index (Phi) is 5.82. The van der Waals surface area contributed by atoms with Crippen LogP contribution < -0.4 is 0 Å². The van der Waals surface area contributed by atoms with Gasteiger partial charge in [-0.05, 0) is 51.0 Å². The standard InChI is InChI=1S/C21H19Cl2F3N2O2/c1-10-5-12(21(24,25)26)7-15-16(10)11(8-27-15)6-13-17(22)14(9-28-18(13)23)19(29)30-20(2,3)4/h5,7-9,27H,6H2,1-4H3. The summed E-state index contributed by atoms with van der Waals surface area (Å²) in [6.07, 6.45) is -1.42. The lowest BCUT2D eigenvalue weighted by atomic mass is 9.99. The number of hydrogen-bond donors (Lipinski definition) is 1. The van der Waals surface area contributed by atoms with Crippen LogP contribution in [-0.4, -0.2) is 21.5 Å². The number of ether oxygens (including phenoxy) is 1. The quantitative estimate of drug-likeness (QED) is 0.349. The summed E-state index contributed by atoms with van der Waals surface area (Å²) < 4.78 is 44.6. The van der Waals surface area contributed by atoms with Crippen LogP contribution in [0.25, 0.3) is 10.9 Å². The zero-order chi connectivity index (χ0) is 22.4. The van der Waals surface area contributed by atoms with Gasteiger partial charge in [-0.1, -0.05) is 23.2 Å². The minimum atomic E-state index is -4.44. The average molecular weight is 459 g/mol. The van der Waals surface area contributed by atoms with E-state index in [-0.39, 0.29) is 22.2 Å². The van der Waals surface area contributed by atoms with E-state index in [4.69, 9.17) is 27.9 Å². The molecule has 1 N–H and O–H groups in total. The van der Waals surface area contributed by atoms with Gasteiger partial charge in [0.05, 0.1) is 16.1 Å². The summed E-state index contributed by atoms with van der Waals surface area (Å²) >= 11 is 12.7. The van der Waals surface area contributed by atoms with Gasteiger partial charge in [0.1, 0.15) is 10.8 Å². The Morgan fingerprint density at radius 2 is 1.87 bits per heavy atom. The van der Waals surface area contributed by atoms with Crippen LogP contribution >= 0.6 is 23.2 Å². The van der Waals surface area contributed by atoms with E-state index in [9.17, 15) is 18.0 Å². The smallest absolute Gasteiger partial charge is 0.416 e. The monoisotopic (exact) mass is 458 g/mol. The molecule has 9 heteroatoms. The minimum absolute atomic E-state index is 0.0712. The Morgan fingerprint density at radius 3 is 2.47 bits per heavy atom. The number of halogens is 5. The fourth-order valence-electron chi connectivity index (χ4n) is 3.19. The number of H-pyrrole nitrogens is 1. The molecular formula is C21H19Cl2F3N2O2. The molecule has 3 rings (SSSR count). The molecule has 0 saturated heterocycles. The predicted octanol–water partition coefficient (Wildman–Crippen LogP) is 6.74. The van der Waals surface area contributed by atoms with Gasteiger partial charge in [0.15, 0.2) is 0 Å². The van der Waals surface area contributed by atoms with E-state index in [1.54, 1.807) is 33.9 Å². The average Bonchev–Trinajstić information content (AvgIpc) is 2.99. The lowest BCUT2D eigenvalue weighted by Crippen LogP contribution is -2.24. The first-order valence-electron chi connectivity index (χ1n) is 9.02. The van der Waals surface area contributed by atoms with Crippen LogP contribution in [0, 0.1) is 6.92 Å². The number of aryl methyl sites for hydroxylation is 1. The van der Waals surface area contributed by atoms with E-state index in [1.165, 1.54) is 6.20 Å². The highest BCUT2D eigenvalue weighted by Gasteiger charge is 2.31. The predicted molar refractivity (Wildman–Crippen MR) is 110 cm³/mol. The van der Waals surface area contributed by atoms with Crippen LogP contribution in [0.15, 0.2) is 24.5 Å². The number of hydrogen-bond acceptors (Lipinski definition) is 3. The van der Waals surface area contributed by atoms with Crippen LogP contribution in [0.5, 0.6) is 0 Å². The van der Waals surface area contributed by atoms with Gasteiger partial charge in [0.2, 0.25) is 0 Å². The van der Waals surface area contributed by atoms with Crippen LogP contribution in [-0.2, 0) is 17.3 Å². The molecule has 0 radical (unpaired) electrons. The number of fused-ring (bicyclic) bond motifs is 1. The number of nitrogens with one attached hydrogen (secondary N) is 1. The second-order valence-electron chi connectivity index (χ2n) is 7.96. The van der Waals surface area contributed by atoms with E-state index >= 15 is 0 Å². The number of carbonyl (C=O) groups is 1. The number of rotatable bonds is 3. The number of nitrogens with zero attached hydrogens (tertiary/aromatic N) is 1. The zero-order valence-corrected chi connectivity index (χ0v) is 18.2. The van der Waals surface area contributed by atoms with Crippen molar-refractivity contribution in [3.05, 3.63) is 62.5 Å². The number of alkyl halides is 3. The van der Waals surface area contributed by atoms with Gasteiger partial charge in [0.25, 0.3) is 0 Å². The zero-order valence-electron chi connectivity index (χ0n) is 16.7. The molecule has 0 atom stereocenters. The highest BCUT2D eigenvalue weighted by molar-refractivity contribution is 6.37. The Labute approximate surface area is 181 Å². The summed E-state index contributed by atoms with van der Waals surface area (Å²) in [5.41, 5.74) is 0.502. The number of benzene rings is 1. The molecule has 3 aromatic rings. The van der Waals surface area contributed by atoms with E-state index in [2.05, 4.69) is 9.97 Å². The first-order chi connectivity index (χ1) is 13.8. The second-order valence-corrected chi connectivity index (χ2v) is 8.70. The van der Waals surface area contributed by atoms with Gasteiger partial charge >= 0.3 is 12.1 Å². The molecule has 0 aliphatic rings. The summed E-state index contributed by atoms with van der Waals surface area (Å²) in [7, 11) is 0. The number of pyridine rings is 1. The molecule has 0 bridgehead atoms. The molecule has 2 aromatic heterocycles. The summed E-state index contributed by atoms with van der Waals surface area (Å²) in [6, 6.07) is 2.16. The number of aromatic nitrogens is 2. The van der Waals surface area contributed by atoms with Gasteiger partial charge < -0.3 is 9.72 Å². The van der Waals surface area contributed by atoms with Crippen molar-refractivity contribution in [1.29, 1.82) is 0 Å². The Morgan fingerprint density at radius 1 is 1.20 bits per heavy atom. The number of esters is 1. The van der Waals surface area contributed by atoms with Crippen molar-refractivity contribution in [3.63, 3.8) is 0 Å². The van der Waals surface area contributed by atoms with Crippen molar-refractivity contribution in [2.24, 2.45) is 0 Å². The highest BCUT2D eigenvalue weighted by Crippen LogP contribution is 2.36. The summed E-state index contributed by atoms with van der Waals surface area (Å²) in [5, 5.41) is 0.840. The molecule has 0 spiro atoms. The van der Waals surface area contributed by atoms with Crippen molar-refractivity contribution in [2.75, 3.05) is 0 Å². The van der Waals surface area contributed by atoms with Gasteiger partial charge in [-0.3, -0.25) is 0 Å². The summed E-state index contributed by atoms with van der Waals surface area (Å²) in [6.45, 7) is 6.79. The first-order valence-corrected chi connectivity index (χ1v) is 9.77. The third-order valence-electron chi connectivity index (χ3n) is 4.43. The summed E-state index contributed by atoms with van der Waals surface area (Å²) in [5.74, 6) is -0.636. The van der Waals surface area contributed by atoms with Crippen molar-refractivity contribution in [2.45, 2.75) is 45.9 Å². The molecule has 30 heavy (non-hydrogen) atoms. The van der Waals surface area contributed by atoms with Crippen molar-refractivity contribution in [1.82, 2.24) is 9.97 Å². The minimum Gasteiger partial charge on any atom is -0.456 e. The fourth-order valence-corrected chi connectivity index (χ4v) is 3.73. The molecule has 0 aliphatic heterocycles. The van der Waals surface area contributed by atoms with Crippen molar-refractivity contribution < 1.29 is 22.7 Å². The second kappa shape index (κ2) is 7.78. The molecule has 160 valence electrons. The third kappa shape index (κ3) is 4.57. The Bertz CT molecular complexity index is 1130. The first kappa shape index (κ1) is 22.4. The van der Waals surface area contributed by atoms with E-state index in [0.29, 0.717) is 27.6 Å². The fraction of sp³-hybridized carbons (Fsp3) is 0.333. The molecule has 0 fully saturated rings. The van der Waals surface area contributed by atoms with E-state index < -0.39 is 23.3 Å². The largest absolute Gasteiger partial charge is 0.456 e. The molecule has 0 unspecified atom stereocenters. The van der Waals surface area contributed by atoms with Crippen molar-refractivity contribution >= 4 is 40.1 Å². The number of aromatic amines is 1.